The van der Waals surface area contributed by atoms with E-state index in [2.05, 4.69) is 15.3 Å². The van der Waals surface area contributed by atoms with Crippen molar-refractivity contribution in [3.8, 4) is 5.88 Å². The number of nitrogens with one attached hydrogen (secondary N) is 1. The minimum absolute atomic E-state index is 0.354. The SMILES string of the molecule is CCOc1cncc(NC(C(=O)O)c2ccccc2)n1. The molecule has 0 saturated heterocycles. The summed E-state index contributed by atoms with van der Waals surface area (Å²) in [5.74, 6) is -0.276. The van der Waals surface area contributed by atoms with Crippen molar-refractivity contribution in [3.05, 3.63) is 48.3 Å². The number of nitrogens with zero attached hydrogens (tertiary/aromatic N) is 2. The van der Waals surface area contributed by atoms with Crippen LogP contribution in [0.2, 0.25) is 0 Å². The van der Waals surface area contributed by atoms with E-state index in [1.54, 1.807) is 24.3 Å². The molecule has 0 aliphatic rings. The third kappa shape index (κ3) is 3.44. The van der Waals surface area contributed by atoms with Gasteiger partial charge in [0.15, 0.2) is 6.04 Å². The van der Waals surface area contributed by atoms with Crippen LogP contribution in [0.15, 0.2) is 42.7 Å². The number of aromatic nitrogens is 2. The van der Waals surface area contributed by atoms with E-state index in [0.717, 1.165) is 0 Å². The topological polar surface area (TPSA) is 84.3 Å². The van der Waals surface area contributed by atoms with Gasteiger partial charge in [0.1, 0.15) is 5.82 Å². The summed E-state index contributed by atoms with van der Waals surface area (Å²) < 4.78 is 5.23. The summed E-state index contributed by atoms with van der Waals surface area (Å²) in [7, 11) is 0. The fourth-order valence-corrected chi connectivity index (χ4v) is 1.72. The number of hydrogen-bond acceptors (Lipinski definition) is 5. The summed E-state index contributed by atoms with van der Waals surface area (Å²) >= 11 is 0. The molecule has 1 atom stereocenters. The fourth-order valence-electron chi connectivity index (χ4n) is 1.72. The number of ether oxygens (including phenoxy) is 1. The van der Waals surface area contributed by atoms with Crippen LogP contribution in [-0.4, -0.2) is 27.7 Å². The maximum Gasteiger partial charge on any atom is 0.330 e. The maximum absolute atomic E-state index is 11.4. The van der Waals surface area contributed by atoms with Crippen LogP contribution in [0, 0.1) is 0 Å². The van der Waals surface area contributed by atoms with Gasteiger partial charge in [-0.25, -0.2) is 4.79 Å². The fraction of sp³-hybridized carbons (Fsp3) is 0.214. The molecular formula is C14H15N3O3. The molecule has 6 nitrogen and oxygen atoms in total. The lowest BCUT2D eigenvalue weighted by molar-refractivity contribution is -0.138. The first-order chi connectivity index (χ1) is 9.70. The lowest BCUT2D eigenvalue weighted by Crippen LogP contribution is -2.21. The quantitative estimate of drug-likeness (QED) is 0.838. The zero-order chi connectivity index (χ0) is 14.4. The molecule has 0 radical (unpaired) electrons. The van der Waals surface area contributed by atoms with Gasteiger partial charge in [-0.15, -0.1) is 0 Å². The molecule has 2 aromatic rings. The van der Waals surface area contributed by atoms with Gasteiger partial charge in [-0.1, -0.05) is 30.3 Å². The molecule has 2 N–H and O–H groups in total. The third-order valence-electron chi connectivity index (χ3n) is 2.58. The van der Waals surface area contributed by atoms with E-state index in [4.69, 9.17) is 4.74 Å². The zero-order valence-electron chi connectivity index (χ0n) is 11.0. The average Bonchev–Trinajstić information content (AvgIpc) is 2.46. The Hall–Kier alpha value is -2.63. The minimum Gasteiger partial charge on any atom is -0.479 e. The van der Waals surface area contributed by atoms with Crippen LogP contribution in [0.1, 0.15) is 18.5 Å². The zero-order valence-corrected chi connectivity index (χ0v) is 11.0. The number of rotatable bonds is 6. The highest BCUT2D eigenvalue weighted by Gasteiger charge is 2.20. The Balaban J connectivity index is 2.21. The lowest BCUT2D eigenvalue weighted by Gasteiger charge is -2.15. The molecule has 104 valence electrons. The predicted molar refractivity (Wildman–Crippen MR) is 73.6 cm³/mol. The van der Waals surface area contributed by atoms with Crippen LogP contribution in [0.3, 0.4) is 0 Å². The minimum atomic E-state index is -0.986. The first kappa shape index (κ1) is 13.8. The predicted octanol–water partition coefficient (Wildman–Crippen LogP) is 2.11. The van der Waals surface area contributed by atoms with Crippen molar-refractivity contribution in [1.29, 1.82) is 0 Å². The monoisotopic (exact) mass is 273 g/mol. The second kappa shape index (κ2) is 6.51. The van der Waals surface area contributed by atoms with Crippen molar-refractivity contribution in [2.75, 3.05) is 11.9 Å². The Kier molecular flexibility index (Phi) is 4.49. The highest BCUT2D eigenvalue weighted by Crippen LogP contribution is 2.19. The van der Waals surface area contributed by atoms with Gasteiger partial charge >= 0.3 is 5.97 Å². The molecule has 0 bridgehead atoms. The number of hydrogen-bond donors (Lipinski definition) is 2. The lowest BCUT2D eigenvalue weighted by atomic mass is 10.1. The summed E-state index contributed by atoms with van der Waals surface area (Å²) in [5, 5.41) is 12.2. The Bertz CT molecular complexity index is 575. The van der Waals surface area contributed by atoms with Crippen molar-refractivity contribution < 1.29 is 14.6 Å². The Morgan fingerprint density at radius 1 is 1.35 bits per heavy atom. The Morgan fingerprint density at radius 3 is 2.75 bits per heavy atom. The normalized spacial score (nSPS) is 11.7. The molecule has 1 unspecified atom stereocenters. The molecule has 0 saturated carbocycles. The average molecular weight is 273 g/mol. The first-order valence-electron chi connectivity index (χ1n) is 6.20. The number of benzene rings is 1. The maximum atomic E-state index is 11.4. The van der Waals surface area contributed by atoms with Gasteiger partial charge in [-0.2, -0.15) is 4.98 Å². The molecular weight excluding hydrogens is 258 g/mol. The molecule has 0 fully saturated rings. The van der Waals surface area contributed by atoms with E-state index in [0.29, 0.717) is 23.9 Å². The largest absolute Gasteiger partial charge is 0.479 e. The number of anilines is 1. The molecule has 1 aromatic carbocycles. The van der Waals surface area contributed by atoms with E-state index in [1.807, 2.05) is 13.0 Å². The van der Waals surface area contributed by atoms with Crippen LogP contribution in [0.5, 0.6) is 5.88 Å². The molecule has 20 heavy (non-hydrogen) atoms. The van der Waals surface area contributed by atoms with Crippen LogP contribution >= 0.6 is 0 Å². The molecule has 1 aromatic heterocycles. The molecule has 6 heteroatoms. The number of carboxylic acid groups (broad SMARTS) is 1. The second-order valence-corrected chi connectivity index (χ2v) is 4.00. The van der Waals surface area contributed by atoms with Crippen molar-refractivity contribution in [2.45, 2.75) is 13.0 Å². The highest BCUT2D eigenvalue weighted by atomic mass is 16.5. The molecule has 0 spiro atoms. The molecule has 0 amide bonds. The first-order valence-corrected chi connectivity index (χ1v) is 6.20. The third-order valence-corrected chi connectivity index (χ3v) is 2.58. The standard InChI is InChI=1S/C14H15N3O3/c1-2-20-12-9-15-8-11(16-12)17-13(14(18)19)10-6-4-3-5-7-10/h3-9,13H,2H2,1H3,(H,16,17)(H,18,19). The number of carbonyl (C=O) groups is 1. The van der Waals surface area contributed by atoms with Crippen LogP contribution in [0.25, 0.3) is 0 Å². The molecule has 0 aliphatic carbocycles. The summed E-state index contributed by atoms with van der Waals surface area (Å²) in [6, 6.07) is 8.00. The summed E-state index contributed by atoms with van der Waals surface area (Å²) in [4.78, 5) is 19.5. The van der Waals surface area contributed by atoms with Crippen molar-refractivity contribution in [2.24, 2.45) is 0 Å². The second-order valence-electron chi connectivity index (χ2n) is 4.00. The van der Waals surface area contributed by atoms with E-state index in [-0.39, 0.29) is 0 Å². The molecule has 2 rings (SSSR count). The molecule has 0 aliphatic heterocycles. The van der Waals surface area contributed by atoms with Crippen LogP contribution in [-0.2, 0) is 4.79 Å². The van der Waals surface area contributed by atoms with E-state index < -0.39 is 12.0 Å². The summed E-state index contributed by atoms with van der Waals surface area (Å²) in [5.41, 5.74) is 0.642. The van der Waals surface area contributed by atoms with Gasteiger partial charge in [0.05, 0.1) is 19.0 Å². The van der Waals surface area contributed by atoms with Crippen LogP contribution in [0.4, 0.5) is 5.82 Å². The van der Waals surface area contributed by atoms with E-state index in [1.165, 1.54) is 12.4 Å². The summed E-state index contributed by atoms with van der Waals surface area (Å²) in [6.07, 6.45) is 2.94. The highest BCUT2D eigenvalue weighted by molar-refractivity contribution is 5.78. The smallest absolute Gasteiger partial charge is 0.330 e. The van der Waals surface area contributed by atoms with Gasteiger partial charge in [-0.05, 0) is 12.5 Å². The Morgan fingerprint density at radius 2 is 2.10 bits per heavy atom. The summed E-state index contributed by atoms with van der Waals surface area (Å²) in [6.45, 7) is 2.31. The molecule has 1 heterocycles. The van der Waals surface area contributed by atoms with E-state index in [9.17, 15) is 9.90 Å². The van der Waals surface area contributed by atoms with Gasteiger partial charge in [0, 0.05) is 0 Å². The van der Waals surface area contributed by atoms with Crippen molar-refractivity contribution >= 4 is 11.8 Å². The van der Waals surface area contributed by atoms with Gasteiger partial charge < -0.3 is 15.2 Å². The number of aliphatic carboxylic acids is 1. The van der Waals surface area contributed by atoms with Gasteiger partial charge in [0.25, 0.3) is 0 Å². The van der Waals surface area contributed by atoms with E-state index >= 15 is 0 Å². The van der Waals surface area contributed by atoms with Crippen molar-refractivity contribution in [1.82, 2.24) is 9.97 Å². The Labute approximate surface area is 116 Å². The van der Waals surface area contributed by atoms with Gasteiger partial charge in [0.2, 0.25) is 5.88 Å². The van der Waals surface area contributed by atoms with Crippen LogP contribution < -0.4 is 10.1 Å². The number of carboxylic acids is 1. The van der Waals surface area contributed by atoms with Crippen molar-refractivity contribution in [3.63, 3.8) is 0 Å². The van der Waals surface area contributed by atoms with Gasteiger partial charge in [-0.3, -0.25) is 4.98 Å².